The van der Waals surface area contributed by atoms with Crippen LogP contribution in [0.3, 0.4) is 0 Å². The third-order valence-corrected chi connectivity index (χ3v) is 2.34. The molecule has 0 saturated heterocycles. The Morgan fingerprint density at radius 2 is 2.05 bits per heavy atom. The van der Waals surface area contributed by atoms with E-state index in [-0.39, 0.29) is 17.9 Å². The number of carbonyl (C=O) groups is 2. The number of hydrogen-bond acceptors (Lipinski definition) is 7. The van der Waals surface area contributed by atoms with Gasteiger partial charge in [0.1, 0.15) is 0 Å². The Bertz CT molecular complexity index is 638. The zero-order valence-corrected chi connectivity index (χ0v) is 10.9. The molecule has 0 radical (unpaired) electrons. The molecule has 0 aliphatic rings. The summed E-state index contributed by atoms with van der Waals surface area (Å²) >= 11 is 0. The molecule has 0 N–H and O–H groups in total. The Morgan fingerprint density at radius 3 is 2.75 bits per heavy atom. The Labute approximate surface area is 114 Å². The molecule has 2 aromatic rings. The zero-order chi connectivity index (χ0) is 14.5. The highest BCUT2D eigenvalue weighted by Gasteiger charge is 2.13. The fourth-order valence-electron chi connectivity index (χ4n) is 1.44. The molecular formula is C12H12N4O4. The molecule has 2 rings (SSSR count). The number of rotatable bonds is 4. The summed E-state index contributed by atoms with van der Waals surface area (Å²) in [7, 11) is 1.25. The van der Waals surface area contributed by atoms with Gasteiger partial charge in [0.05, 0.1) is 37.9 Å². The number of aromatic nitrogens is 4. The first-order chi connectivity index (χ1) is 9.65. The van der Waals surface area contributed by atoms with Crippen LogP contribution in [0.25, 0.3) is 5.82 Å². The van der Waals surface area contributed by atoms with Crippen LogP contribution in [0.5, 0.6) is 0 Å². The standard InChI is InChI=1S/C12H12N4O4/c1-3-20-11(17)8-4-14-16(7-8)10-6-13-5-9(15-10)12(18)19-2/h4-7H,3H2,1-2H3. The highest BCUT2D eigenvalue weighted by atomic mass is 16.5. The lowest BCUT2D eigenvalue weighted by Gasteiger charge is -2.02. The van der Waals surface area contributed by atoms with Crippen molar-refractivity contribution >= 4 is 11.9 Å². The summed E-state index contributed by atoms with van der Waals surface area (Å²) in [5.41, 5.74) is 0.343. The zero-order valence-electron chi connectivity index (χ0n) is 10.9. The average molecular weight is 276 g/mol. The van der Waals surface area contributed by atoms with Crippen molar-refractivity contribution in [2.75, 3.05) is 13.7 Å². The van der Waals surface area contributed by atoms with Crippen LogP contribution in [0.1, 0.15) is 27.8 Å². The van der Waals surface area contributed by atoms with E-state index >= 15 is 0 Å². The molecule has 0 saturated carbocycles. The fourth-order valence-corrected chi connectivity index (χ4v) is 1.44. The van der Waals surface area contributed by atoms with Gasteiger partial charge in [0, 0.05) is 6.20 Å². The molecule has 0 bridgehead atoms. The molecule has 0 unspecified atom stereocenters. The number of hydrogen-bond donors (Lipinski definition) is 0. The lowest BCUT2D eigenvalue weighted by molar-refractivity contribution is 0.0525. The van der Waals surface area contributed by atoms with Crippen molar-refractivity contribution in [3.63, 3.8) is 0 Å². The molecule has 2 heterocycles. The molecule has 104 valence electrons. The van der Waals surface area contributed by atoms with Crippen molar-refractivity contribution in [2.24, 2.45) is 0 Å². The lowest BCUT2D eigenvalue weighted by Crippen LogP contribution is -2.08. The highest BCUT2D eigenvalue weighted by molar-refractivity contribution is 5.89. The van der Waals surface area contributed by atoms with Crippen LogP contribution < -0.4 is 0 Å². The molecule has 0 amide bonds. The SMILES string of the molecule is CCOC(=O)c1cnn(-c2cncc(C(=O)OC)n2)c1. The van der Waals surface area contributed by atoms with Crippen LogP contribution in [-0.4, -0.2) is 45.4 Å². The largest absolute Gasteiger partial charge is 0.464 e. The molecular weight excluding hydrogens is 264 g/mol. The van der Waals surface area contributed by atoms with Gasteiger partial charge in [-0.15, -0.1) is 0 Å². The topological polar surface area (TPSA) is 96.2 Å². The van der Waals surface area contributed by atoms with Gasteiger partial charge in [-0.25, -0.2) is 19.3 Å². The second-order valence-electron chi connectivity index (χ2n) is 3.65. The maximum Gasteiger partial charge on any atom is 0.358 e. The average Bonchev–Trinajstić information content (AvgIpc) is 2.97. The fraction of sp³-hybridized carbons (Fsp3) is 0.250. The summed E-state index contributed by atoms with van der Waals surface area (Å²) in [4.78, 5) is 30.8. The summed E-state index contributed by atoms with van der Waals surface area (Å²) in [5.74, 6) is -0.781. The molecule has 0 atom stereocenters. The van der Waals surface area contributed by atoms with Crippen LogP contribution in [0.4, 0.5) is 0 Å². The predicted octanol–water partition coefficient (Wildman–Crippen LogP) is 0.626. The first-order valence-electron chi connectivity index (χ1n) is 5.78. The van der Waals surface area contributed by atoms with Crippen LogP contribution in [0.15, 0.2) is 24.8 Å². The molecule has 2 aromatic heterocycles. The first-order valence-corrected chi connectivity index (χ1v) is 5.78. The van der Waals surface area contributed by atoms with Gasteiger partial charge >= 0.3 is 11.9 Å². The first kappa shape index (κ1) is 13.7. The number of esters is 2. The van der Waals surface area contributed by atoms with Gasteiger partial charge in [-0.3, -0.25) is 4.98 Å². The summed E-state index contributed by atoms with van der Waals surface area (Å²) in [6, 6.07) is 0. The van der Waals surface area contributed by atoms with Crippen LogP contribution in [-0.2, 0) is 9.47 Å². The van der Waals surface area contributed by atoms with E-state index in [1.165, 1.54) is 36.6 Å². The van der Waals surface area contributed by atoms with E-state index in [2.05, 4.69) is 19.8 Å². The Hall–Kier alpha value is -2.77. The van der Waals surface area contributed by atoms with Crippen molar-refractivity contribution in [2.45, 2.75) is 6.92 Å². The maximum atomic E-state index is 11.5. The number of methoxy groups -OCH3 is 1. The van der Waals surface area contributed by atoms with Gasteiger partial charge in [0.25, 0.3) is 0 Å². The van der Waals surface area contributed by atoms with Crippen molar-refractivity contribution < 1.29 is 19.1 Å². The van der Waals surface area contributed by atoms with Gasteiger partial charge in [0.2, 0.25) is 0 Å². The van der Waals surface area contributed by atoms with Crippen molar-refractivity contribution in [3.8, 4) is 5.82 Å². The van der Waals surface area contributed by atoms with E-state index in [0.717, 1.165) is 0 Å². The molecule has 0 aliphatic carbocycles. The van der Waals surface area contributed by atoms with E-state index in [9.17, 15) is 9.59 Å². The second kappa shape index (κ2) is 5.91. The third kappa shape index (κ3) is 2.79. The van der Waals surface area contributed by atoms with Crippen molar-refractivity contribution in [1.29, 1.82) is 0 Å². The monoisotopic (exact) mass is 276 g/mol. The van der Waals surface area contributed by atoms with Gasteiger partial charge in [0.15, 0.2) is 11.5 Å². The van der Waals surface area contributed by atoms with E-state index in [1.807, 2.05) is 0 Å². The van der Waals surface area contributed by atoms with Crippen LogP contribution >= 0.6 is 0 Å². The number of ether oxygens (including phenoxy) is 2. The molecule has 8 nitrogen and oxygen atoms in total. The molecule has 0 fully saturated rings. The van der Waals surface area contributed by atoms with Crippen molar-refractivity contribution in [3.05, 3.63) is 36.0 Å². The van der Waals surface area contributed by atoms with E-state index < -0.39 is 11.9 Å². The summed E-state index contributed by atoms with van der Waals surface area (Å²) in [6.45, 7) is 2.00. The molecule has 0 spiro atoms. The smallest absolute Gasteiger partial charge is 0.358 e. The van der Waals surface area contributed by atoms with Gasteiger partial charge in [-0.05, 0) is 6.92 Å². The molecule has 8 heteroatoms. The molecule has 20 heavy (non-hydrogen) atoms. The maximum absolute atomic E-state index is 11.5. The Balaban J connectivity index is 2.28. The van der Waals surface area contributed by atoms with Gasteiger partial charge in [-0.2, -0.15) is 5.10 Å². The minimum Gasteiger partial charge on any atom is -0.464 e. The number of carbonyl (C=O) groups excluding carboxylic acids is 2. The van der Waals surface area contributed by atoms with Crippen LogP contribution in [0.2, 0.25) is 0 Å². The minimum atomic E-state index is -0.600. The predicted molar refractivity (Wildman–Crippen MR) is 66.5 cm³/mol. The quantitative estimate of drug-likeness (QED) is 0.755. The molecule has 0 aliphatic heterocycles. The van der Waals surface area contributed by atoms with E-state index in [4.69, 9.17) is 4.74 Å². The van der Waals surface area contributed by atoms with Gasteiger partial charge in [-0.1, -0.05) is 0 Å². The highest BCUT2D eigenvalue weighted by Crippen LogP contribution is 2.07. The van der Waals surface area contributed by atoms with E-state index in [0.29, 0.717) is 5.82 Å². The summed E-state index contributed by atoms with van der Waals surface area (Å²) in [5, 5.41) is 3.98. The third-order valence-electron chi connectivity index (χ3n) is 2.34. The lowest BCUT2D eigenvalue weighted by atomic mass is 10.4. The number of nitrogens with zero attached hydrogens (tertiary/aromatic N) is 4. The van der Waals surface area contributed by atoms with Gasteiger partial charge < -0.3 is 9.47 Å². The Kier molecular flexibility index (Phi) is 4.04. The van der Waals surface area contributed by atoms with E-state index in [1.54, 1.807) is 6.92 Å². The van der Waals surface area contributed by atoms with Crippen molar-refractivity contribution in [1.82, 2.24) is 19.7 Å². The normalized spacial score (nSPS) is 10.1. The second-order valence-corrected chi connectivity index (χ2v) is 3.65. The molecule has 0 aromatic carbocycles. The summed E-state index contributed by atoms with van der Waals surface area (Å²) in [6.07, 6.45) is 5.49. The Morgan fingerprint density at radius 1 is 1.25 bits per heavy atom. The minimum absolute atomic E-state index is 0.0539. The summed E-state index contributed by atoms with van der Waals surface area (Å²) < 4.78 is 10.7. The van der Waals surface area contributed by atoms with Crippen LogP contribution in [0, 0.1) is 0 Å².